The van der Waals surface area contributed by atoms with Gasteiger partial charge in [0, 0.05) is 30.0 Å². The zero-order chi connectivity index (χ0) is 24.4. The van der Waals surface area contributed by atoms with E-state index in [1.54, 1.807) is 12.5 Å². The van der Waals surface area contributed by atoms with Crippen LogP contribution < -0.4 is 5.32 Å². The molecule has 0 fully saturated rings. The van der Waals surface area contributed by atoms with Crippen LogP contribution in [0, 0.1) is 6.92 Å². The van der Waals surface area contributed by atoms with Gasteiger partial charge in [-0.05, 0) is 45.3 Å². The molecule has 0 aliphatic carbocycles. The Bertz CT molecular complexity index is 1510. The maximum atomic E-state index is 12.4. The van der Waals surface area contributed by atoms with E-state index in [4.69, 9.17) is 9.72 Å². The molecule has 178 valence electrons. The molecule has 2 N–H and O–H groups in total. The minimum absolute atomic E-state index is 0.0424. The Morgan fingerprint density at radius 3 is 2.86 bits per heavy atom. The van der Waals surface area contributed by atoms with Gasteiger partial charge in [0.2, 0.25) is 0 Å². The number of fused-ring (bicyclic) bond motifs is 2. The predicted molar refractivity (Wildman–Crippen MR) is 132 cm³/mol. The van der Waals surface area contributed by atoms with Gasteiger partial charge < -0.3 is 19.9 Å². The molecule has 11 nitrogen and oxygen atoms in total. The van der Waals surface area contributed by atoms with Crippen LogP contribution in [0.1, 0.15) is 5.69 Å². The number of nitrogens with one attached hydrogen (secondary N) is 2. The molecule has 0 aliphatic heterocycles. The summed E-state index contributed by atoms with van der Waals surface area (Å²) in [5.74, 6) is 1.27. The van der Waals surface area contributed by atoms with E-state index in [0.29, 0.717) is 40.9 Å². The first-order chi connectivity index (χ1) is 17.0. The number of hydrogen-bond donors (Lipinski definition) is 2. The molecule has 5 heterocycles. The molecule has 0 radical (unpaired) electrons. The number of likely N-dealkylation sites (N-methyl/N-ethyl adjacent to an activating group) is 1. The van der Waals surface area contributed by atoms with Gasteiger partial charge in [0.1, 0.15) is 18.1 Å². The van der Waals surface area contributed by atoms with Crippen LogP contribution in [0.3, 0.4) is 0 Å². The number of carbonyl (C=O) groups is 1. The molecule has 5 aromatic rings. The second-order valence-electron chi connectivity index (χ2n) is 8.32. The van der Waals surface area contributed by atoms with Crippen LogP contribution >= 0.6 is 0 Å². The third-order valence-corrected chi connectivity index (χ3v) is 5.40. The second kappa shape index (κ2) is 9.57. The molecule has 0 aliphatic rings. The number of amides is 1. The monoisotopic (exact) mass is 471 g/mol. The van der Waals surface area contributed by atoms with Crippen molar-refractivity contribution in [1.29, 1.82) is 0 Å². The summed E-state index contributed by atoms with van der Waals surface area (Å²) in [6, 6.07) is 9.47. The number of imidazole rings is 1. The normalized spacial score (nSPS) is 11.5. The highest BCUT2D eigenvalue weighted by Gasteiger charge is 2.17. The number of hydrogen-bond acceptors (Lipinski definition) is 8. The van der Waals surface area contributed by atoms with Crippen LogP contribution in [0.2, 0.25) is 0 Å². The number of aromatic nitrogens is 7. The molecular formula is C24H25N9O2. The Kier molecular flexibility index (Phi) is 6.17. The number of carbonyl (C=O) groups excluding carboxylic acids is 1. The third kappa shape index (κ3) is 4.72. The van der Waals surface area contributed by atoms with E-state index in [0.717, 1.165) is 23.1 Å². The lowest BCUT2D eigenvalue weighted by molar-refractivity contribution is -0.120. The Labute approximate surface area is 201 Å². The third-order valence-electron chi connectivity index (χ3n) is 5.40. The van der Waals surface area contributed by atoms with Crippen LogP contribution in [0.25, 0.3) is 39.4 Å². The molecule has 35 heavy (non-hydrogen) atoms. The lowest BCUT2D eigenvalue weighted by Crippen LogP contribution is -2.23. The topological polar surface area (TPSA) is 127 Å². The fourth-order valence-corrected chi connectivity index (χ4v) is 3.70. The van der Waals surface area contributed by atoms with Gasteiger partial charge in [-0.3, -0.25) is 9.36 Å². The van der Waals surface area contributed by atoms with Crippen molar-refractivity contribution < 1.29 is 9.53 Å². The second-order valence-corrected chi connectivity index (χ2v) is 8.32. The minimum Gasteiger partial charge on any atom is -0.370 e. The molecule has 5 rings (SSSR count). The number of aryl methyl sites for hydroxylation is 1. The van der Waals surface area contributed by atoms with Gasteiger partial charge in [-0.2, -0.15) is 0 Å². The molecular weight excluding hydrogens is 446 g/mol. The van der Waals surface area contributed by atoms with Crippen LogP contribution in [-0.4, -0.2) is 79.1 Å². The Morgan fingerprint density at radius 1 is 1.14 bits per heavy atom. The molecule has 5 aromatic heterocycles. The predicted octanol–water partition coefficient (Wildman–Crippen LogP) is 2.58. The lowest BCUT2D eigenvalue weighted by Gasteiger charge is -2.11. The molecule has 0 atom stereocenters. The number of nitrogens with zero attached hydrogens (tertiary/aromatic N) is 7. The zero-order valence-electron chi connectivity index (χ0n) is 19.7. The summed E-state index contributed by atoms with van der Waals surface area (Å²) < 4.78 is 7.35. The lowest BCUT2D eigenvalue weighted by atomic mass is 10.3. The van der Waals surface area contributed by atoms with Gasteiger partial charge in [-0.15, -0.1) is 0 Å². The highest BCUT2D eigenvalue weighted by Crippen LogP contribution is 2.28. The number of rotatable bonds is 8. The first-order valence-electron chi connectivity index (χ1n) is 11.1. The van der Waals surface area contributed by atoms with E-state index in [-0.39, 0.29) is 12.5 Å². The number of anilines is 1. The van der Waals surface area contributed by atoms with Crippen molar-refractivity contribution in [3.8, 4) is 17.3 Å². The van der Waals surface area contributed by atoms with E-state index in [1.165, 1.54) is 0 Å². The average molecular weight is 472 g/mol. The molecule has 0 bridgehead atoms. The highest BCUT2D eigenvalue weighted by atomic mass is 16.5. The van der Waals surface area contributed by atoms with Gasteiger partial charge in [0.15, 0.2) is 22.8 Å². The first-order valence-corrected chi connectivity index (χ1v) is 11.1. The Morgan fingerprint density at radius 2 is 2.03 bits per heavy atom. The van der Waals surface area contributed by atoms with Crippen molar-refractivity contribution in [1.82, 2.24) is 39.4 Å². The smallest absolute Gasteiger partial charge is 0.251 e. The van der Waals surface area contributed by atoms with E-state index in [2.05, 4.69) is 30.2 Å². The summed E-state index contributed by atoms with van der Waals surface area (Å²) in [6.45, 7) is 3.10. The zero-order valence-corrected chi connectivity index (χ0v) is 19.7. The van der Waals surface area contributed by atoms with E-state index < -0.39 is 0 Å². The van der Waals surface area contributed by atoms with Gasteiger partial charge >= 0.3 is 0 Å². The first kappa shape index (κ1) is 22.6. The maximum absolute atomic E-state index is 12.4. The number of H-pyrrole nitrogens is 1. The number of aromatic amines is 1. The molecule has 11 heteroatoms. The minimum atomic E-state index is -0.263. The summed E-state index contributed by atoms with van der Waals surface area (Å²) in [6.07, 6.45) is 5.11. The van der Waals surface area contributed by atoms with Gasteiger partial charge in [0.05, 0.1) is 18.5 Å². The molecule has 0 unspecified atom stereocenters. The largest absolute Gasteiger partial charge is 0.370 e. The van der Waals surface area contributed by atoms with Crippen LogP contribution in [0.15, 0.2) is 49.1 Å². The van der Waals surface area contributed by atoms with E-state index in [9.17, 15) is 4.79 Å². The van der Waals surface area contributed by atoms with Gasteiger partial charge in [-0.1, -0.05) is 6.07 Å². The SMILES string of the molecule is Cc1cccc(-c2nc(-n3ccc4c(NC(=O)COCCN(C)C)nccc43)c3nc[nH]c3n2)n1. The van der Waals surface area contributed by atoms with Crippen LogP contribution in [0.5, 0.6) is 0 Å². The highest BCUT2D eigenvalue weighted by molar-refractivity contribution is 6.01. The molecule has 0 aromatic carbocycles. The van der Waals surface area contributed by atoms with Crippen LogP contribution in [0.4, 0.5) is 5.82 Å². The quantitative estimate of drug-likeness (QED) is 0.331. The summed E-state index contributed by atoms with van der Waals surface area (Å²) in [7, 11) is 3.90. The Hall–Kier alpha value is -4.22. The summed E-state index contributed by atoms with van der Waals surface area (Å²) >= 11 is 0. The van der Waals surface area contributed by atoms with E-state index in [1.807, 2.05) is 67.0 Å². The van der Waals surface area contributed by atoms with Crippen LogP contribution in [-0.2, 0) is 9.53 Å². The molecule has 1 amide bonds. The fourth-order valence-electron chi connectivity index (χ4n) is 3.70. The average Bonchev–Trinajstić information content (AvgIpc) is 3.49. The van der Waals surface area contributed by atoms with Gasteiger partial charge in [-0.25, -0.2) is 24.9 Å². The number of pyridine rings is 2. The Balaban J connectivity index is 1.49. The van der Waals surface area contributed by atoms with Crippen molar-refractivity contribution in [2.75, 3.05) is 39.2 Å². The number of ether oxygens (including phenoxy) is 1. The maximum Gasteiger partial charge on any atom is 0.251 e. The van der Waals surface area contributed by atoms with E-state index >= 15 is 0 Å². The molecule has 0 spiro atoms. The standard InChI is InChI=1S/C24H25N9O2/c1-15-5-4-6-17(28-15)22-30-23-20(26-14-27-23)24(31-22)33-10-8-16-18(33)7-9-25-21(16)29-19(34)13-35-12-11-32(2)3/h4-10,14H,11-13H2,1-3H3,(H,25,29,34)(H,26,27,30,31). The fraction of sp³-hybridized carbons (Fsp3) is 0.250. The van der Waals surface area contributed by atoms with Gasteiger partial charge in [0.25, 0.3) is 5.91 Å². The molecule has 0 saturated heterocycles. The summed E-state index contributed by atoms with van der Waals surface area (Å²) in [4.78, 5) is 40.3. The molecule has 0 saturated carbocycles. The summed E-state index contributed by atoms with van der Waals surface area (Å²) in [5.41, 5.74) is 3.59. The van der Waals surface area contributed by atoms with Crippen molar-refractivity contribution in [3.05, 3.63) is 54.7 Å². The summed E-state index contributed by atoms with van der Waals surface area (Å²) in [5, 5.41) is 3.62. The van der Waals surface area contributed by atoms with Crippen molar-refractivity contribution in [2.24, 2.45) is 0 Å². The van der Waals surface area contributed by atoms with Crippen molar-refractivity contribution in [2.45, 2.75) is 6.92 Å². The van der Waals surface area contributed by atoms with Crippen molar-refractivity contribution in [3.63, 3.8) is 0 Å². The van der Waals surface area contributed by atoms with Crippen molar-refractivity contribution >= 4 is 33.8 Å².